The fraction of sp³-hybridized carbons (Fsp3) is 0.125. The first-order valence-electron chi connectivity index (χ1n) is 6.34. The highest BCUT2D eigenvalue weighted by atomic mass is 16.5. The number of carbonyl (C=O) groups excluding carboxylic acids is 1. The van der Waals surface area contributed by atoms with Gasteiger partial charge in [-0.3, -0.25) is 9.69 Å². The van der Waals surface area contributed by atoms with Crippen molar-refractivity contribution in [3.05, 3.63) is 60.2 Å². The third-order valence-electron chi connectivity index (χ3n) is 3.00. The Balaban J connectivity index is 2.31. The molecule has 0 unspecified atom stereocenters. The van der Waals surface area contributed by atoms with E-state index in [1.807, 2.05) is 30.3 Å². The van der Waals surface area contributed by atoms with Crippen LogP contribution in [-0.4, -0.2) is 24.1 Å². The predicted octanol–water partition coefficient (Wildman–Crippen LogP) is 2.31. The molecule has 0 spiro atoms. The first kappa shape index (κ1) is 14.6. The van der Waals surface area contributed by atoms with Crippen LogP contribution in [0, 0.1) is 0 Å². The maximum absolute atomic E-state index is 11.9. The normalized spacial score (nSPS) is 9.95. The smallest absolute Gasteiger partial charge is 0.394 e. The number of methoxy groups -OCH3 is 1. The molecule has 0 aliphatic carbocycles. The van der Waals surface area contributed by atoms with Gasteiger partial charge in [-0.15, -0.1) is 0 Å². The van der Waals surface area contributed by atoms with Crippen LogP contribution < -0.4 is 9.64 Å². The molecule has 0 radical (unpaired) electrons. The molecule has 0 saturated carbocycles. The van der Waals surface area contributed by atoms with Crippen LogP contribution in [0.15, 0.2) is 54.6 Å². The van der Waals surface area contributed by atoms with Gasteiger partial charge in [0.05, 0.1) is 13.7 Å². The number of aliphatic carboxylic acids is 1. The van der Waals surface area contributed by atoms with Gasteiger partial charge in [-0.2, -0.15) is 0 Å². The van der Waals surface area contributed by atoms with Crippen molar-refractivity contribution in [1.29, 1.82) is 0 Å². The van der Waals surface area contributed by atoms with Crippen LogP contribution in [0.5, 0.6) is 5.75 Å². The minimum Gasteiger partial charge on any atom is -0.497 e. The maximum Gasteiger partial charge on any atom is 0.394 e. The van der Waals surface area contributed by atoms with E-state index in [1.165, 1.54) is 4.90 Å². The summed E-state index contributed by atoms with van der Waals surface area (Å²) < 4.78 is 5.06. The van der Waals surface area contributed by atoms with Gasteiger partial charge in [0.15, 0.2) is 0 Å². The Labute approximate surface area is 122 Å². The molecule has 0 aliphatic heterocycles. The second-order valence-corrected chi connectivity index (χ2v) is 4.38. The predicted molar refractivity (Wildman–Crippen MR) is 78.3 cm³/mol. The van der Waals surface area contributed by atoms with Crippen LogP contribution in [0.2, 0.25) is 0 Å². The van der Waals surface area contributed by atoms with Crippen molar-refractivity contribution >= 4 is 17.6 Å². The van der Waals surface area contributed by atoms with Gasteiger partial charge in [0, 0.05) is 5.69 Å². The minimum atomic E-state index is -1.48. The van der Waals surface area contributed by atoms with Crippen LogP contribution in [-0.2, 0) is 16.1 Å². The molecular weight excluding hydrogens is 270 g/mol. The number of rotatable bonds is 4. The van der Waals surface area contributed by atoms with Gasteiger partial charge in [0.2, 0.25) is 0 Å². The van der Waals surface area contributed by atoms with Gasteiger partial charge in [0.25, 0.3) is 0 Å². The zero-order valence-electron chi connectivity index (χ0n) is 11.5. The summed E-state index contributed by atoms with van der Waals surface area (Å²) in [5.41, 5.74) is 1.36. The monoisotopic (exact) mass is 285 g/mol. The molecule has 0 heterocycles. The molecule has 5 nitrogen and oxygen atoms in total. The van der Waals surface area contributed by atoms with E-state index in [4.69, 9.17) is 9.84 Å². The Hall–Kier alpha value is -2.82. The third-order valence-corrected chi connectivity index (χ3v) is 3.00. The number of ether oxygens (including phenoxy) is 1. The number of hydrogen-bond donors (Lipinski definition) is 1. The fourth-order valence-corrected chi connectivity index (χ4v) is 1.92. The molecule has 2 aromatic rings. The standard InChI is InChI=1S/C16H15NO4/c1-21-14-9-7-13(8-10-14)17(15(18)16(19)20)11-12-5-3-2-4-6-12/h2-10H,11H2,1H3,(H,19,20). The van der Waals surface area contributed by atoms with E-state index in [0.717, 1.165) is 5.56 Å². The molecule has 0 saturated heterocycles. The first-order chi connectivity index (χ1) is 10.1. The molecule has 2 aromatic carbocycles. The number of hydrogen-bond acceptors (Lipinski definition) is 3. The van der Waals surface area contributed by atoms with E-state index in [1.54, 1.807) is 31.4 Å². The molecule has 1 N–H and O–H groups in total. The summed E-state index contributed by atoms with van der Waals surface area (Å²) in [5.74, 6) is -1.81. The molecule has 0 bridgehead atoms. The zero-order valence-corrected chi connectivity index (χ0v) is 11.5. The fourth-order valence-electron chi connectivity index (χ4n) is 1.92. The SMILES string of the molecule is COc1ccc(N(Cc2ccccc2)C(=O)C(=O)O)cc1. The summed E-state index contributed by atoms with van der Waals surface area (Å²) >= 11 is 0. The van der Waals surface area contributed by atoms with Crippen molar-refractivity contribution in [1.82, 2.24) is 0 Å². The van der Waals surface area contributed by atoms with E-state index < -0.39 is 11.9 Å². The van der Waals surface area contributed by atoms with E-state index >= 15 is 0 Å². The molecule has 0 fully saturated rings. The lowest BCUT2D eigenvalue weighted by Crippen LogP contribution is -2.36. The van der Waals surface area contributed by atoms with Crippen LogP contribution in [0.25, 0.3) is 0 Å². The molecule has 21 heavy (non-hydrogen) atoms. The topological polar surface area (TPSA) is 66.8 Å². The number of carboxylic acid groups (broad SMARTS) is 1. The minimum absolute atomic E-state index is 0.193. The number of anilines is 1. The summed E-state index contributed by atoms with van der Waals surface area (Å²) in [4.78, 5) is 24.1. The van der Waals surface area contributed by atoms with Crippen LogP contribution in [0.1, 0.15) is 5.56 Å². The van der Waals surface area contributed by atoms with Crippen LogP contribution in [0.4, 0.5) is 5.69 Å². The molecule has 5 heteroatoms. The highest BCUT2D eigenvalue weighted by Gasteiger charge is 2.22. The summed E-state index contributed by atoms with van der Waals surface area (Å²) in [7, 11) is 1.54. The Morgan fingerprint density at radius 2 is 1.67 bits per heavy atom. The molecule has 108 valence electrons. The van der Waals surface area contributed by atoms with Gasteiger partial charge < -0.3 is 9.84 Å². The Morgan fingerprint density at radius 3 is 2.19 bits per heavy atom. The summed E-state index contributed by atoms with van der Waals surface area (Å²) in [6.45, 7) is 0.193. The number of amides is 1. The van der Waals surface area contributed by atoms with E-state index in [9.17, 15) is 9.59 Å². The maximum atomic E-state index is 11.9. The number of nitrogens with zero attached hydrogens (tertiary/aromatic N) is 1. The molecule has 0 aromatic heterocycles. The second kappa shape index (κ2) is 6.56. The van der Waals surface area contributed by atoms with Crippen LogP contribution in [0.3, 0.4) is 0 Å². The first-order valence-corrected chi connectivity index (χ1v) is 6.34. The number of carboxylic acids is 1. The summed E-state index contributed by atoms with van der Waals surface area (Å²) in [6.07, 6.45) is 0. The molecule has 2 rings (SSSR count). The average Bonchev–Trinajstić information content (AvgIpc) is 2.53. The molecular formula is C16H15NO4. The van der Waals surface area contributed by atoms with Crippen molar-refractivity contribution in [3.63, 3.8) is 0 Å². The van der Waals surface area contributed by atoms with Crippen molar-refractivity contribution in [2.75, 3.05) is 12.0 Å². The molecule has 0 atom stereocenters. The van der Waals surface area contributed by atoms with Gasteiger partial charge in [-0.25, -0.2) is 4.79 Å². The zero-order chi connectivity index (χ0) is 15.2. The van der Waals surface area contributed by atoms with Crippen LogP contribution >= 0.6 is 0 Å². The highest BCUT2D eigenvalue weighted by Crippen LogP contribution is 2.21. The molecule has 0 aliphatic rings. The number of carbonyl (C=O) groups is 2. The average molecular weight is 285 g/mol. The van der Waals surface area contributed by atoms with Crippen molar-refractivity contribution in [2.45, 2.75) is 6.54 Å². The quantitative estimate of drug-likeness (QED) is 0.875. The molecule has 1 amide bonds. The van der Waals surface area contributed by atoms with Crippen molar-refractivity contribution in [2.24, 2.45) is 0 Å². The lowest BCUT2D eigenvalue weighted by molar-refractivity contribution is -0.148. The van der Waals surface area contributed by atoms with Gasteiger partial charge in [0.1, 0.15) is 5.75 Å². The largest absolute Gasteiger partial charge is 0.497 e. The van der Waals surface area contributed by atoms with Crippen molar-refractivity contribution < 1.29 is 19.4 Å². The lowest BCUT2D eigenvalue weighted by atomic mass is 10.2. The number of benzene rings is 2. The Bertz CT molecular complexity index is 622. The Kier molecular flexibility index (Phi) is 4.56. The van der Waals surface area contributed by atoms with E-state index in [2.05, 4.69) is 0 Å². The van der Waals surface area contributed by atoms with Gasteiger partial charge >= 0.3 is 11.9 Å². The Morgan fingerprint density at radius 1 is 1.05 bits per heavy atom. The third kappa shape index (κ3) is 3.60. The second-order valence-electron chi connectivity index (χ2n) is 4.38. The summed E-state index contributed by atoms with van der Waals surface area (Å²) in [6, 6.07) is 15.9. The van der Waals surface area contributed by atoms with E-state index in [-0.39, 0.29) is 6.54 Å². The van der Waals surface area contributed by atoms with Crippen molar-refractivity contribution in [3.8, 4) is 5.75 Å². The highest BCUT2D eigenvalue weighted by molar-refractivity contribution is 6.37. The van der Waals surface area contributed by atoms with Gasteiger partial charge in [-0.1, -0.05) is 30.3 Å². The lowest BCUT2D eigenvalue weighted by Gasteiger charge is -2.21. The van der Waals surface area contributed by atoms with Gasteiger partial charge in [-0.05, 0) is 29.8 Å². The van der Waals surface area contributed by atoms with E-state index in [0.29, 0.717) is 11.4 Å². The summed E-state index contributed by atoms with van der Waals surface area (Å²) in [5, 5.41) is 8.98.